The van der Waals surface area contributed by atoms with Gasteiger partial charge in [0.05, 0.1) is 0 Å². The first-order valence-electron chi connectivity index (χ1n) is 7.33. The average molecular weight is 246 g/mol. The molecule has 2 nitrogen and oxygen atoms in total. The summed E-state index contributed by atoms with van der Waals surface area (Å²) in [4.78, 5) is 0. The van der Waals surface area contributed by atoms with Gasteiger partial charge in [-0.3, -0.25) is 0 Å². The highest BCUT2D eigenvalue weighted by Gasteiger charge is 2.22. The van der Waals surface area contributed by atoms with E-state index in [0.717, 1.165) is 11.6 Å². The van der Waals surface area contributed by atoms with Gasteiger partial charge in [-0.05, 0) is 55.9 Å². The zero-order valence-electron chi connectivity index (χ0n) is 11.7. The largest absolute Gasteiger partial charge is 0.399 e. The minimum atomic E-state index is 0.618. The summed E-state index contributed by atoms with van der Waals surface area (Å²) in [5.74, 6) is 0.848. The standard InChI is InChI=1S/C16H26N2/c1-3-15(13-7-5-4-6-8-13)18-16-10-9-14(17)11-12(16)2/h9-11,13,15,18H,3-8,17H2,1-2H3. The highest BCUT2D eigenvalue weighted by Crippen LogP contribution is 2.30. The second-order valence-electron chi connectivity index (χ2n) is 5.63. The Hall–Kier alpha value is -1.18. The van der Waals surface area contributed by atoms with Gasteiger partial charge in [0.15, 0.2) is 0 Å². The molecule has 2 heteroatoms. The number of aryl methyl sites for hydroxylation is 1. The van der Waals surface area contributed by atoms with Crippen molar-refractivity contribution < 1.29 is 0 Å². The zero-order valence-corrected chi connectivity index (χ0v) is 11.7. The molecule has 100 valence electrons. The van der Waals surface area contributed by atoms with Crippen molar-refractivity contribution in [3.63, 3.8) is 0 Å². The molecule has 0 aliphatic heterocycles. The Kier molecular flexibility index (Phi) is 4.51. The average Bonchev–Trinajstić information content (AvgIpc) is 2.39. The number of nitrogens with two attached hydrogens (primary N) is 1. The Balaban J connectivity index is 2.04. The second-order valence-corrected chi connectivity index (χ2v) is 5.63. The number of hydrogen-bond donors (Lipinski definition) is 2. The molecule has 1 aromatic carbocycles. The summed E-state index contributed by atoms with van der Waals surface area (Å²) >= 11 is 0. The van der Waals surface area contributed by atoms with Gasteiger partial charge < -0.3 is 11.1 Å². The summed E-state index contributed by atoms with van der Waals surface area (Å²) in [6, 6.07) is 6.78. The molecular weight excluding hydrogens is 220 g/mol. The number of anilines is 2. The zero-order chi connectivity index (χ0) is 13.0. The van der Waals surface area contributed by atoms with Crippen molar-refractivity contribution in [2.24, 2.45) is 5.92 Å². The van der Waals surface area contributed by atoms with Crippen LogP contribution in [0.15, 0.2) is 18.2 Å². The highest BCUT2D eigenvalue weighted by atomic mass is 14.9. The molecule has 1 aliphatic carbocycles. The van der Waals surface area contributed by atoms with E-state index in [0.29, 0.717) is 6.04 Å². The Labute approximate surface area is 111 Å². The number of benzene rings is 1. The molecule has 0 bridgehead atoms. The summed E-state index contributed by atoms with van der Waals surface area (Å²) in [6.45, 7) is 4.42. The monoisotopic (exact) mass is 246 g/mol. The molecule has 3 N–H and O–H groups in total. The third-order valence-electron chi connectivity index (χ3n) is 4.25. The Morgan fingerprint density at radius 1 is 1.28 bits per heavy atom. The molecule has 2 rings (SSSR count). The van der Waals surface area contributed by atoms with E-state index >= 15 is 0 Å². The van der Waals surface area contributed by atoms with E-state index in [1.165, 1.54) is 49.8 Å². The van der Waals surface area contributed by atoms with Gasteiger partial charge in [0.25, 0.3) is 0 Å². The lowest BCUT2D eigenvalue weighted by atomic mass is 9.83. The normalized spacial score (nSPS) is 18.6. The molecule has 0 spiro atoms. The van der Waals surface area contributed by atoms with Gasteiger partial charge in [0.2, 0.25) is 0 Å². The minimum Gasteiger partial charge on any atom is -0.399 e. The summed E-state index contributed by atoms with van der Waals surface area (Å²) < 4.78 is 0. The first kappa shape index (κ1) is 13.3. The predicted molar refractivity (Wildman–Crippen MR) is 79.9 cm³/mol. The first-order valence-corrected chi connectivity index (χ1v) is 7.33. The van der Waals surface area contributed by atoms with Crippen LogP contribution < -0.4 is 11.1 Å². The number of hydrogen-bond acceptors (Lipinski definition) is 2. The smallest absolute Gasteiger partial charge is 0.0373 e. The van der Waals surface area contributed by atoms with Gasteiger partial charge in [-0.1, -0.05) is 26.2 Å². The number of rotatable bonds is 4. The summed E-state index contributed by atoms with van der Waals surface area (Å²) in [7, 11) is 0. The third-order valence-corrected chi connectivity index (χ3v) is 4.25. The van der Waals surface area contributed by atoms with Crippen molar-refractivity contribution in [2.45, 2.75) is 58.4 Å². The molecule has 0 amide bonds. The molecule has 0 saturated heterocycles. The van der Waals surface area contributed by atoms with Gasteiger partial charge in [-0.2, -0.15) is 0 Å². The van der Waals surface area contributed by atoms with E-state index in [1.54, 1.807) is 0 Å². The van der Waals surface area contributed by atoms with E-state index in [9.17, 15) is 0 Å². The molecule has 0 aromatic heterocycles. The molecule has 18 heavy (non-hydrogen) atoms. The van der Waals surface area contributed by atoms with E-state index in [1.807, 2.05) is 6.07 Å². The van der Waals surface area contributed by atoms with Crippen LogP contribution in [0.5, 0.6) is 0 Å². The maximum Gasteiger partial charge on any atom is 0.0373 e. The Bertz CT molecular complexity index is 381. The van der Waals surface area contributed by atoms with Gasteiger partial charge >= 0.3 is 0 Å². The third kappa shape index (κ3) is 3.18. The minimum absolute atomic E-state index is 0.618. The maximum absolute atomic E-state index is 5.81. The predicted octanol–water partition coefficient (Wildman–Crippen LogP) is 4.35. The lowest BCUT2D eigenvalue weighted by Crippen LogP contribution is -2.30. The highest BCUT2D eigenvalue weighted by molar-refractivity contribution is 5.57. The summed E-state index contributed by atoms with van der Waals surface area (Å²) in [5, 5.41) is 3.74. The van der Waals surface area contributed by atoms with Gasteiger partial charge in [-0.15, -0.1) is 0 Å². The fourth-order valence-electron chi connectivity index (χ4n) is 3.14. The van der Waals surface area contributed by atoms with Crippen molar-refractivity contribution in [3.8, 4) is 0 Å². The van der Waals surface area contributed by atoms with Gasteiger partial charge in [0, 0.05) is 17.4 Å². The van der Waals surface area contributed by atoms with Crippen molar-refractivity contribution in [1.82, 2.24) is 0 Å². The van der Waals surface area contributed by atoms with Crippen LogP contribution in [0.1, 0.15) is 51.0 Å². The van der Waals surface area contributed by atoms with E-state index in [2.05, 4.69) is 31.3 Å². The lowest BCUT2D eigenvalue weighted by Gasteiger charge is -2.31. The Morgan fingerprint density at radius 3 is 2.61 bits per heavy atom. The SMILES string of the molecule is CCC(Nc1ccc(N)cc1C)C1CCCCC1. The summed E-state index contributed by atoms with van der Waals surface area (Å²) in [5.41, 5.74) is 9.16. The van der Waals surface area contributed by atoms with Crippen LogP contribution in [0, 0.1) is 12.8 Å². The second kappa shape index (κ2) is 6.12. The van der Waals surface area contributed by atoms with Crippen molar-refractivity contribution >= 4 is 11.4 Å². The van der Waals surface area contributed by atoms with Crippen molar-refractivity contribution in [1.29, 1.82) is 0 Å². The van der Waals surface area contributed by atoms with Crippen LogP contribution in [0.25, 0.3) is 0 Å². The number of nitrogen functional groups attached to an aromatic ring is 1. The topological polar surface area (TPSA) is 38.0 Å². The van der Waals surface area contributed by atoms with Crippen LogP contribution in [0.4, 0.5) is 11.4 Å². The van der Waals surface area contributed by atoms with Crippen LogP contribution in [0.2, 0.25) is 0 Å². The first-order chi connectivity index (χ1) is 8.70. The van der Waals surface area contributed by atoms with E-state index < -0.39 is 0 Å². The molecule has 0 radical (unpaired) electrons. The van der Waals surface area contributed by atoms with Crippen LogP contribution in [-0.4, -0.2) is 6.04 Å². The van der Waals surface area contributed by atoms with E-state index in [-0.39, 0.29) is 0 Å². The molecule has 1 saturated carbocycles. The van der Waals surface area contributed by atoms with Crippen molar-refractivity contribution in [2.75, 3.05) is 11.1 Å². The molecule has 1 aromatic rings. The van der Waals surface area contributed by atoms with Crippen LogP contribution >= 0.6 is 0 Å². The molecule has 0 heterocycles. The molecule has 1 fully saturated rings. The Morgan fingerprint density at radius 2 is 2.00 bits per heavy atom. The van der Waals surface area contributed by atoms with Gasteiger partial charge in [-0.25, -0.2) is 0 Å². The lowest BCUT2D eigenvalue weighted by molar-refractivity contribution is 0.313. The maximum atomic E-state index is 5.81. The van der Waals surface area contributed by atoms with Crippen molar-refractivity contribution in [3.05, 3.63) is 23.8 Å². The fourth-order valence-corrected chi connectivity index (χ4v) is 3.14. The summed E-state index contributed by atoms with van der Waals surface area (Å²) in [6.07, 6.45) is 8.22. The molecule has 1 aliphatic rings. The molecular formula is C16H26N2. The molecule has 1 atom stereocenters. The van der Waals surface area contributed by atoms with Crippen LogP contribution in [-0.2, 0) is 0 Å². The van der Waals surface area contributed by atoms with E-state index in [4.69, 9.17) is 5.73 Å². The quantitative estimate of drug-likeness (QED) is 0.775. The number of nitrogens with one attached hydrogen (secondary N) is 1. The van der Waals surface area contributed by atoms with Gasteiger partial charge in [0.1, 0.15) is 0 Å². The van der Waals surface area contributed by atoms with Crippen LogP contribution in [0.3, 0.4) is 0 Å². The molecule has 1 unspecified atom stereocenters. The fraction of sp³-hybridized carbons (Fsp3) is 0.625.